The monoisotopic (exact) mass is 219 g/mol. The third-order valence-electron chi connectivity index (χ3n) is 3.24. The van der Waals surface area contributed by atoms with Crippen LogP contribution in [0.3, 0.4) is 0 Å². The molecule has 2 rings (SSSR count). The van der Waals surface area contributed by atoms with Crippen LogP contribution in [0.15, 0.2) is 30.3 Å². The molecule has 1 fully saturated rings. The highest BCUT2D eigenvalue weighted by atomic mass is 16.4. The number of hydrogen-bond donors (Lipinski definition) is 2. The Labute approximate surface area is 95.5 Å². The molecular weight excluding hydrogens is 202 g/mol. The summed E-state index contributed by atoms with van der Waals surface area (Å²) in [5, 5.41) is 12.4. The number of benzene rings is 1. The molecule has 86 valence electrons. The number of aliphatic carboxylic acids is 1. The molecule has 3 nitrogen and oxygen atoms in total. The Balaban J connectivity index is 1.88. The second kappa shape index (κ2) is 5.12. The third kappa shape index (κ3) is 2.61. The van der Waals surface area contributed by atoms with E-state index in [0.717, 1.165) is 25.8 Å². The van der Waals surface area contributed by atoms with Crippen LogP contribution < -0.4 is 5.32 Å². The predicted octanol–water partition coefficient (Wildman–Crippen LogP) is 2.03. The van der Waals surface area contributed by atoms with E-state index in [1.165, 1.54) is 5.56 Å². The molecule has 0 amide bonds. The predicted molar refractivity (Wildman–Crippen MR) is 62.0 cm³/mol. The van der Waals surface area contributed by atoms with Gasteiger partial charge in [0.2, 0.25) is 0 Å². The molecule has 0 heterocycles. The molecule has 1 saturated carbocycles. The summed E-state index contributed by atoms with van der Waals surface area (Å²) in [5.41, 5.74) is 1.21. The molecule has 0 unspecified atom stereocenters. The second-order valence-electron chi connectivity index (χ2n) is 4.35. The van der Waals surface area contributed by atoms with Crippen molar-refractivity contribution in [2.45, 2.75) is 31.8 Å². The fourth-order valence-electron chi connectivity index (χ4n) is 2.34. The van der Waals surface area contributed by atoms with E-state index in [9.17, 15) is 4.79 Å². The molecular formula is C13H17NO2. The second-order valence-corrected chi connectivity index (χ2v) is 4.35. The summed E-state index contributed by atoms with van der Waals surface area (Å²) in [6, 6.07) is 10.2. The zero-order valence-electron chi connectivity index (χ0n) is 9.23. The molecule has 2 N–H and O–H groups in total. The molecule has 0 aliphatic heterocycles. The van der Waals surface area contributed by atoms with Crippen molar-refractivity contribution in [1.82, 2.24) is 5.32 Å². The smallest absolute Gasteiger partial charge is 0.308 e. The van der Waals surface area contributed by atoms with Gasteiger partial charge in [-0.2, -0.15) is 0 Å². The maximum atomic E-state index is 11.0. The lowest BCUT2D eigenvalue weighted by atomic mass is 10.0. The fourth-order valence-corrected chi connectivity index (χ4v) is 2.34. The van der Waals surface area contributed by atoms with E-state index >= 15 is 0 Å². The Kier molecular flexibility index (Phi) is 3.57. The van der Waals surface area contributed by atoms with Gasteiger partial charge in [0.15, 0.2) is 0 Å². The number of hydrogen-bond acceptors (Lipinski definition) is 2. The minimum absolute atomic E-state index is 0.137. The Bertz CT molecular complexity index is 350. The number of carboxylic acids is 1. The van der Waals surface area contributed by atoms with Gasteiger partial charge in [0.25, 0.3) is 0 Å². The first kappa shape index (κ1) is 11.1. The maximum Gasteiger partial charge on any atom is 0.308 e. The zero-order valence-corrected chi connectivity index (χ0v) is 9.23. The van der Waals surface area contributed by atoms with Crippen LogP contribution in [0.25, 0.3) is 0 Å². The third-order valence-corrected chi connectivity index (χ3v) is 3.24. The van der Waals surface area contributed by atoms with Crippen molar-refractivity contribution in [2.75, 3.05) is 0 Å². The molecule has 0 bridgehead atoms. The van der Waals surface area contributed by atoms with E-state index in [2.05, 4.69) is 17.4 Å². The van der Waals surface area contributed by atoms with Crippen molar-refractivity contribution in [3.8, 4) is 0 Å². The minimum atomic E-state index is -0.664. The average Bonchev–Trinajstić information content (AvgIpc) is 2.76. The number of carboxylic acid groups (broad SMARTS) is 1. The Morgan fingerprint density at radius 1 is 1.31 bits per heavy atom. The number of nitrogens with one attached hydrogen (secondary N) is 1. The Morgan fingerprint density at radius 2 is 2.06 bits per heavy atom. The fraction of sp³-hybridized carbons (Fsp3) is 0.462. The lowest BCUT2D eigenvalue weighted by molar-refractivity contribution is -0.142. The van der Waals surface area contributed by atoms with Gasteiger partial charge in [-0.1, -0.05) is 36.8 Å². The summed E-state index contributed by atoms with van der Waals surface area (Å²) in [5.74, 6) is -0.869. The van der Waals surface area contributed by atoms with Crippen molar-refractivity contribution < 1.29 is 9.90 Å². The van der Waals surface area contributed by atoms with Crippen LogP contribution in [0.4, 0.5) is 0 Å². The van der Waals surface area contributed by atoms with E-state index in [-0.39, 0.29) is 12.0 Å². The SMILES string of the molecule is O=C(O)[C@@H]1CCC[C@H]1NCc1ccccc1. The van der Waals surface area contributed by atoms with E-state index in [1.54, 1.807) is 0 Å². The Hall–Kier alpha value is -1.35. The minimum Gasteiger partial charge on any atom is -0.481 e. The van der Waals surface area contributed by atoms with Crippen LogP contribution in [-0.2, 0) is 11.3 Å². The van der Waals surface area contributed by atoms with Crippen LogP contribution in [0.5, 0.6) is 0 Å². The first-order valence-electron chi connectivity index (χ1n) is 5.77. The van der Waals surface area contributed by atoms with Gasteiger partial charge in [-0.25, -0.2) is 0 Å². The van der Waals surface area contributed by atoms with Gasteiger partial charge in [0.05, 0.1) is 5.92 Å². The molecule has 1 aromatic carbocycles. The molecule has 0 saturated heterocycles. The first-order valence-corrected chi connectivity index (χ1v) is 5.77. The lowest BCUT2D eigenvalue weighted by Crippen LogP contribution is -2.35. The summed E-state index contributed by atoms with van der Waals surface area (Å²) < 4.78 is 0. The molecule has 1 aromatic rings. The summed E-state index contributed by atoms with van der Waals surface area (Å²) in [4.78, 5) is 11.0. The van der Waals surface area contributed by atoms with Gasteiger partial charge in [0.1, 0.15) is 0 Å². The normalized spacial score (nSPS) is 24.5. The van der Waals surface area contributed by atoms with Crippen LogP contribution in [0.2, 0.25) is 0 Å². The molecule has 0 spiro atoms. The lowest BCUT2D eigenvalue weighted by Gasteiger charge is -2.17. The molecule has 16 heavy (non-hydrogen) atoms. The number of rotatable bonds is 4. The van der Waals surface area contributed by atoms with Crippen LogP contribution in [-0.4, -0.2) is 17.1 Å². The molecule has 3 heteroatoms. The number of carbonyl (C=O) groups is 1. The maximum absolute atomic E-state index is 11.0. The highest BCUT2D eigenvalue weighted by Crippen LogP contribution is 2.26. The molecule has 1 aliphatic carbocycles. The first-order chi connectivity index (χ1) is 7.77. The zero-order chi connectivity index (χ0) is 11.4. The van der Waals surface area contributed by atoms with Crippen molar-refractivity contribution >= 4 is 5.97 Å². The van der Waals surface area contributed by atoms with Crippen LogP contribution >= 0.6 is 0 Å². The van der Waals surface area contributed by atoms with Crippen molar-refractivity contribution in [3.05, 3.63) is 35.9 Å². The summed E-state index contributed by atoms with van der Waals surface area (Å²) in [6.07, 6.45) is 2.80. The van der Waals surface area contributed by atoms with Crippen molar-refractivity contribution in [2.24, 2.45) is 5.92 Å². The molecule has 1 aliphatic rings. The van der Waals surface area contributed by atoms with Gasteiger partial charge >= 0.3 is 5.97 Å². The van der Waals surface area contributed by atoms with Gasteiger partial charge in [-0.3, -0.25) is 4.79 Å². The molecule has 0 radical (unpaired) electrons. The van der Waals surface area contributed by atoms with Crippen LogP contribution in [0.1, 0.15) is 24.8 Å². The molecule has 0 aromatic heterocycles. The van der Waals surface area contributed by atoms with Gasteiger partial charge in [-0.15, -0.1) is 0 Å². The average molecular weight is 219 g/mol. The van der Waals surface area contributed by atoms with Crippen molar-refractivity contribution in [3.63, 3.8) is 0 Å². The Morgan fingerprint density at radius 3 is 2.75 bits per heavy atom. The van der Waals surface area contributed by atoms with E-state index in [4.69, 9.17) is 5.11 Å². The summed E-state index contributed by atoms with van der Waals surface area (Å²) in [6.45, 7) is 0.759. The largest absolute Gasteiger partial charge is 0.481 e. The topological polar surface area (TPSA) is 49.3 Å². The van der Waals surface area contributed by atoms with Gasteiger partial charge in [-0.05, 0) is 18.4 Å². The highest BCUT2D eigenvalue weighted by Gasteiger charge is 2.32. The van der Waals surface area contributed by atoms with E-state index in [0.29, 0.717) is 0 Å². The summed E-state index contributed by atoms with van der Waals surface area (Å²) >= 11 is 0. The van der Waals surface area contributed by atoms with E-state index in [1.807, 2.05) is 18.2 Å². The van der Waals surface area contributed by atoms with Gasteiger partial charge in [0, 0.05) is 12.6 Å². The van der Waals surface area contributed by atoms with Gasteiger partial charge < -0.3 is 10.4 Å². The van der Waals surface area contributed by atoms with Crippen molar-refractivity contribution in [1.29, 1.82) is 0 Å². The summed E-state index contributed by atoms with van der Waals surface area (Å²) in [7, 11) is 0. The quantitative estimate of drug-likeness (QED) is 0.814. The standard InChI is InChI=1S/C13H17NO2/c15-13(16)11-7-4-8-12(11)14-9-10-5-2-1-3-6-10/h1-3,5-6,11-12,14H,4,7-9H2,(H,15,16)/t11-,12-/m1/s1. The highest BCUT2D eigenvalue weighted by molar-refractivity contribution is 5.71. The molecule has 2 atom stereocenters. The van der Waals surface area contributed by atoms with E-state index < -0.39 is 5.97 Å². The van der Waals surface area contributed by atoms with Crippen LogP contribution in [0, 0.1) is 5.92 Å².